The first-order chi connectivity index (χ1) is 9.81. The number of ether oxygens (including phenoxy) is 5. The van der Waals surface area contributed by atoms with Gasteiger partial charge >= 0.3 is 0 Å². The quantitative estimate of drug-likeness (QED) is 0.322. The van der Waals surface area contributed by atoms with E-state index in [0.717, 1.165) is 13.0 Å². The molecular formula is C15H30O5. The largest absolute Gasteiger partial charge is 0.499 e. The average Bonchev–Trinajstić information content (AvgIpc) is 2.47. The van der Waals surface area contributed by atoms with E-state index in [1.807, 2.05) is 0 Å². The molecule has 0 N–H and O–H groups in total. The first kappa shape index (κ1) is 19.4. The van der Waals surface area contributed by atoms with Crippen molar-refractivity contribution in [1.82, 2.24) is 0 Å². The molecule has 1 unspecified atom stereocenters. The summed E-state index contributed by atoms with van der Waals surface area (Å²) < 4.78 is 26.4. The average molecular weight is 290 g/mol. The Morgan fingerprint density at radius 3 is 1.70 bits per heavy atom. The van der Waals surface area contributed by atoms with E-state index in [0.29, 0.717) is 58.8 Å². The molecule has 0 aliphatic carbocycles. The molecule has 0 heterocycles. The molecule has 5 nitrogen and oxygen atoms in total. The van der Waals surface area contributed by atoms with Crippen molar-refractivity contribution in [2.75, 3.05) is 59.5 Å². The van der Waals surface area contributed by atoms with Gasteiger partial charge < -0.3 is 23.7 Å². The van der Waals surface area contributed by atoms with E-state index in [9.17, 15) is 0 Å². The van der Waals surface area contributed by atoms with Gasteiger partial charge in [0.15, 0.2) is 0 Å². The van der Waals surface area contributed by atoms with Crippen LogP contribution >= 0.6 is 0 Å². The third kappa shape index (κ3) is 15.4. The third-order valence-electron chi connectivity index (χ3n) is 2.68. The summed E-state index contributed by atoms with van der Waals surface area (Å²) in [5.74, 6) is 0.621. The zero-order valence-corrected chi connectivity index (χ0v) is 13.0. The summed E-state index contributed by atoms with van der Waals surface area (Å²) in [5.41, 5.74) is 0. The van der Waals surface area contributed by atoms with Gasteiger partial charge in [0.1, 0.15) is 6.61 Å². The van der Waals surface area contributed by atoms with Crippen molar-refractivity contribution in [2.24, 2.45) is 5.92 Å². The lowest BCUT2D eigenvalue weighted by Gasteiger charge is -2.10. The lowest BCUT2D eigenvalue weighted by atomic mass is 10.1. The van der Waals surface area contributed by atoms with Crippen molar-refractivity contribution < 1.29 is 23.7 Å². The molecular weight excluding hydrogens is 260 g/mol. The van der Waals surface area contributed by atoms with Crippen LogP contribution in [0.3, 0.4) is 0 Å². The minimum absolute atomic E-state index is 0.531. The number of rotatable bonds is 16. The van der Waals surface area contributed by atoms with E-state index in [2.05, 4.69) is 20.4 Å². The van der Waals surface area contributed by atoms with Crippen LogP contribution in [-0.4, -0.2) is 59.5 Å². The van der Waals surface area contributed by atoms with Gasteiger partial charge in [-0.1, -0.05) is 26.8 Å². The second kappa shape index (κ2) is 16.4. The Balaban J connectivity index is 2.97. The molecule has 0 aliphatic heterocycles. The molecule has 0 aromatic rings. The minimum Gasteiger partial charge on any atom is -0.499 e. The van der Waals surface area contributed by atoms with E-state index in [4.69, 9.17) is 23.7 Å². The van der Waals surface area contributed by atoms with Gasteiger partial charge in [-0.05, 0) is 5.92 Å². The van der Waals surface area contributed by atoms with Crippen LogP contribution in [0.2, 0.25) is 0 Å². The van der Waals surface area contributed by atoms with E-state index < -0.39 is 0 Å². The molecule has 0 radical (unpaired) electrons. The number of hydrogen-bond donors (Lipinski definition) is 0. The molecule has 20 heavy (non-hydrogen) atoms. The summed E-state index contributed by atoms with van der Waals surface area (Å²) >= 11 is 0. The van der Waals surface area contributed by atoms with Crippen LogP contribution < -0.4 is 0 Å². The second-order valence-corrected chi connectivity index (χ2v) is 4.46. The van der Waals surface area contributed by atoms with Crippen LogP contribution in [0.15, 0.2) is 12.8 Å². The van der Waals surface area contributed by atoms with Crippen LogP contribution in [0.1, 0.15) is 20.3 Å². The van der Waals surface area contributed by atoms with Crippen molar-refractivity contribution >= 4 is 0 Å². The molecule has 5 heteroatoms. The lowest BCUT2D eigenvalue weighted by Crippen LogP contribution is -2.14. The predicted molar refractivity (Wildman–Crippen MR) is 78.9 cm³/mol. The fourth-order valence-electron chi connectivity index (χ4n) is 1.25. The molecule has 0 spiro atoms. The van der Waals surface area contributed by atoms with Gasteiger partial charge in [-0.2, -0.15) is 0 Å². The molecule has 0 fully saturated rings. The standard InChI is InChI=1S/C15H30O5/c1-4-15(3)14-20-13-12-19-11-10-18-9-8-17-7-6-16-5-2/h5,15H,2,4,6-14H2,1,3H3. The molecule has 0 saturated carbocycles. The summed E-state index contributed by atoms with van der Waals surface area (Å²) in [4.78, 5) is 0. The zero-order chi connectivity index (χ0) is 14.9. The highest BCUT2D eigenvalue weighted by molar-refractivity contribution is 4.48. The zero-order valence-electron chi connectivity index (χ0n) is 13.0. The maximum Gasteiger partial charge on any atom is 0.111 e. The summed E-state index contributed by atoms with van der Waals surface area (Å²) in [7, 11) is 0. The van der Waals surface area contributed by atoms with Gasteiger partial charge in [0.25, 0.3) is 0 Å². The van der Waals surface area contributed by atoms with Gasteiger partial charge in [-0.25, -0.2) is 0 Å². The normalized spacial score (nSPS) is 12.3. The molecule has 0 aromatic carbocycles. The lowest BCUT2D eigenvalue weighted by molar-refractivity contribution is -0.00898. The maximum absolute atomic E-state index is 5.47. The van der Waals surface area contributed by atoms with Gasteiger partial charge in [-0.15, -0.1) is 0 Å². The van der Waals surface area contributed by atoms with Gasteiger partial charge in [0.2, 0.25) is 0 Å². The van der Waals surface area contributed by atoms with E-state index in [1.165, 1.54) is 6.26 Å². The topological polar surface area (TPSA) is 46.2 Å². The summed E-state index contributed by atoms with van der Waals surface area (Å²) in [5, 5.41) is 0. The van der Waals surface area contributed by atoms with Crippen LogP contribution in [0.4, 0.5) is 0 Å². The first-order valence-electron chi connectivity index (χ1n) is 7.34. The van der Waals surface area contributed by atoms with Gasteiger partial charge in [0.05, 0.1) is 52.5 Å². The Labute approximate surface area is 123 Å². The van der Waals surface area contributed by atoms with Gasteiger partial charge in [-0.3, -0.25) is 0 Å². The Hall–Kier alpha value is -0.620. The third-order valence-corrected chi connectivity index (χ3v) is 2.68. The summed E-state index contributed by atoms with van der Waals surface area (Å²) in [6.07, 6.45) is 2.56. The first-order valence-corrected chi connectivity index (χ1v) is 7.34. The fraction of sp³-hybridized carbons (Fsp3) is 0.867. The van der Waals surface area contributed by atoms with E-state index in [1.54, 1.807) is 0 Å². The Morgan fingerprint density at radius 1 is 0.800 bits per heavy atom. The minimum atomic E-state index is 0.531. The van der Waals surface area contributed by atoms with Gasteiger partial charge in [0, 0.05) is 6.61 Å². The van der Waals surface area contributed by atoms with E-state index in [-0.39, 0.29) is 0 Å². The van der Waals surface area contributed by atoms with Crippen LogP contribution in [0.25, 0.3) is 0 Å². The molecule has 0 aromatic heterocycles. The van der Waals surface area contributed by atoms with E-state index >= 15 is 0 Å². The highest BCUT2D eigenvalue weighted by Crippen LogP contribution is 1.99. The van der Waals surface area contributed by atoms with Crippen LogP contribution in [-0.2, 0) is 23.7 Å². The molecule has 0 aliphatic rings. The molecule has 1 atom stereocenters. The summed E-state index contributed by atoms with van der Waals surface area (Å²) in [6.45, 7) is 13.3. The van der Waals surface area contributed by atoms with Crippen molar-refractivity contribution in [3.63, 3.8) is 0 Å². The Kier molecular flexibility index (Phi) is 15.9. The molecule has 0 saturated heterocycles. The highest BCUT2D eigenvalue weighted by atomic mass is 16.6. The summed E-state index contributed by atoms with van der Waals surface area (Å²) in [6, 6.07) is 0. The van der Waals surface area contributed by atoms with Crippen molar-refractivity contribution in [3.05, 3.63) is 12.8 Å². The smallest absolute Gasteiger partial charge is 0.111 e. The highest BCUT2D eigenvalue weighted by Gasteiger charge is 1.98. The maximum atomic E-state index is 5.47. The monoisotopic (exact) mass is 290 g/mol. The molecule has 120 valence electrons. The SMILES string of the molecule is C=COCCOCCOCCOCCOCC(C)CC. The second-order valence-electron chi connectivity index (χ2n) is 4.46. The van der Waals surface area contributed by atoms with Crippen molar-refractivity contribution in [3.8, 4) is 0 Å². The fourth-order valence-corrected chi connectivity index (χ4v) is 1.25. The van der Waals surface area contributed by atoms with Crippen LogP contribution in [0.5, 0.6) is 0 Å². The molecule has 0 rings (SSSR count). The predicted octanol–water partition coefficient (Wildman–Crippen LogP) is 2.26. The van der Waals surface area contributed by atoms with Crippen molar-refractivity contribution in [1.29, 1.82) is 0 Å². The Morgan fingerprint density at radius 2 is 1.25 bits per heavy atom. The number of hydrogen-bond acceptors (Lipinski definition) is 5. The van der Waals surface area contributed by atoms with Crippen LogP contribution in [0, 0.1) is 5.92 Å². The molecule has 0 amide bonds. The molecule has 0 bridgehead atoms. The Bertz CT molecular complexity index is 199. The van der Waals surface area contributed by atoms with Crippen molar-refractivity contribution in [2.45, 2.75) is 20.3 Å².